The van der Waals surface area contributed by atoms with Crippen LogP contribution in [-0.4, -0.2) is 23.5 Å². The van der Waals surface area contributed by atoms with Gasteiger partial charge in [0.05, 0.1) is 12.1 Å². The van der Waals surface area contributed by atoms with Crippen LogP contribution < -0.4 is 10.1 Å². The molecule has 136 valence electrons. The molecule has 0 atom stereocenters. The fourth-order valence-electron chi connectivity index (χ4n) is 2.95. The van der Waals surface area contributed by atoms with E-state index >= 15 is 0 Å². The Balaban J connectivity index is 2.12. The van der Waals surface area contributed by atoms with Gasteiger partial charge >= 0.3 is 6.36 Å². The maximum Gasteiger partial charge on any atom is 0.573 e. The molecule has 0 aliphatic carbocycles. The Bertz CT molecular complexity index is 909. The third kappa shape index (κ3) is 3.79. The van der Waals surface area contributed by atoms with Crippen LogP contribution in [0.15, 0.2) is 48.7 Å². The van der Waals surface area contributed by atoms with Crippen LogP contribution in [0, 0.1) is 0 Å². The van der Waals surface area contributed by atoms with Crippen molar-refractivity contribution in [3.63, 3.8) is 0 Å². The van der Waals surface area contributed by atoms with E-state index in [4.69, 9.17) is 0 Å². The number of hydrogen-bond donors (Lipinski definition) is 2. The van der Waals surface area contributed by atoms with Crippen molar-refractivity contribution < 1.29 is 23.0 Å². The highest BCUT2D eigenvalue weighted by Gasteiger charge is 2.31. The molecule has 4 nitrogen and oxygen atoms in total. The summed E-state index contributed by atoms with van der Waals surface area (Å²) in [6.07, 6.45) is -3.07. The number of aromatic nitrogens is 1. The van der Waals surface area contributed by atoms with E-state index in [2.05, 4.69) is 15.0 Å². The number of fused-ring (bicyclic) bond motifs is 1. The topological polar surface area (TPSA) is 54.4 Å². The van der Waals surface area contributed by atoms with Gasteiger partial charge in [0.1, 0.15) is 5.75 Å². The maximum atomic E-state index is 12.3. The summed E-state index contributed by atoms with van der Waals surface area (Å²) in [6.45, 7) is 0.383. The Kier molecular flexibility index (Phi) is 5.11. The molecule has 0 aliphatic heterocycles. The first-order valence-corrected chi connectivity index (χ1v) is 7.94. The summed E-state index contributed by atoms with van der Waals surface area (Å²) in [6, 6.07) is 11.3. The highest BCUT2D eigenvalue weighted by atomic mass is 19.4. The number of alkyl halides is 3. The number of aliphatic hydroxyl groups is 1. The lowest BCUT2D eigenvalue weighted by molar-refractivity contribution is -0.274. The molecule has 0 radical (unpaired) electrons. The Morgan fingerprint density at radius 1 is 1.15 bits per heavy atom. The molecule has 26 heavy (non-hydrogen) atoms. The molecule has 0 saturated carbocycles. The second kappa shape index (κ2) is 7.31. The van der Waals surface area contributed by atoms with E-state index in [1.807, 2.05) is 12.1 Å². The largest absolute Gasteiger partial charge is 0.573 e. The Hall–Kier alpha value is -2.64. The highest BCUT2D eigenvalue weighted by Crippen LogP contribution is 2.34. The molecule has 2 aromatic carbocycles. The minimum atomic E-state index is -4.72. The van der Waals surface area contributed by atoms with Crippen LogP contribution in [0.2, 0.25) is 0 Å². The van der Waals surface area contributed by atoms with E-state index in [1.54, 1.807) is 31.4 Å². The minimum absolute atomic E-state index is 0.150. The molecule has 3 aromatic rings. The molecule has 7 heteroatoms. The van der Waals surface area contributed by atoms with Crippen molar-refractivity contribution in [2.75, 3.05) is 7.05 Å². The summed E-state index contributed by atoms with van der Waals surface area (Å²) in [5, 5.41) is 13.6. The van der Waals surface area contributed by atoms with Crippen LogP contribution in [-0.2, 0) is 13.2 Å². The smallest absolute Gasteiger partial charge is 0.406 e. The normalized spacial score (nSPS) is 11.7. The number of rotatable bonds is 5. The van der Waals surface area contributed by atoms with Gasteiger partial charge in [-0.05, 0) is 48.0 Å². The van der Waals surface area contributed by atoms with E-state index < -0.39 is 6.36 Å². The van der Waals surface area contributed by atoms with E-state index in [-0.39, 0.29) is 12.4 Å². The summed E-state index contributed by atoms with van der Waals surface area (Å²) in [4.78, 5) is 4.39. The van der Waals surface area contributed by atoms with Gasteiger partial charge in [0.2, 0.25) is 0 Å². The van der Waals surface area contributed by atoms with Crippen molar-refractivity contribution in [3.05, 3.63) is 59.8 Å². The predicted molar refractivity (Wildman–Crippen MR) is 92.5 cm³/mol. The minimum Gasteiger partial charge on any atom is -0.406 e. The van der Waals surface area contributed by atoms with Gasteiger partial charge in [-0.2, -0.15) is 0 Å². The van der Waals surface area contributed by atoms with Crippen LogP contribution >= 0.6 is 0 Å². The van der Waals surface area contributed by atoms with Gasteiger partial charge in [-0.25, -0.2) is 0 Å². The van der Waals surface area contributed by atoms with Crippen molar-refractivity contribution in [1.29, 1.82) is 0 Å². The van der Waals surface area contributed by atoms with E-state index in [1.165, 1.54) is 12.1 Å². The Morgan fingerprint density at radius 3 is 2.50 bits per heavy atom. The number of hydrogen-bond acceptors (Lipinski definition) is 4. The number of halogens is 3. The fraction of sp³-hybridized carbons (Fsp3) is 0.211. The van der Waals surface area contributed by atoms with Gasteiger partial charge in [0.15, 0.2) is 0 Å². The van der Waals surface area contributed by atoms with Gasteiger partial charge in [-0.15, -0.1) is 13.2 Å². The number of aliphatic hydroxyl groups excluding tert-OH is 1. The molecular formula is C19H17F3N2O2. The summed E-state index contributed by atoms with van der Waals surface area (Å²) in [7, 11) is 1.80. The van der Waals surface area contributed by atoms with E-state index in [0.29, 0.717) is 12.1 Å². The fourth-order valence-corrected chi connectivity index (χ4v) is 2.95. The van der Waals surface area contributed by atoms with E-state index in [9.17, 15) is 18.3 Å². The van der Waals surface area contributed by atoms with Crippen molar-refractivity contribution in [3.8, 4) is 16.9 Å². The third-order valence-corrected chi connectivity index (χ3v) is 4.01. The van der Waals surface area contributed by atoms with Gasteiger partial charge in [0, 0.05) is 23.7 Å². The van der Waals surface area contributed by atoms with Gasteiger partial charge in [-0.1, -0.05) is 18.2 Å². The molecule has 0 fully saturated rings. The number of pyridine rings is 1. The zero-order valence-corrected chi connectivity index (χ0v) is 14.0. The predicted octanol–water partition coefficient (Wildman–Crippen LogP) is 4.01. The van der Waals surface area contributed by atoms with Gasteiger partial charge in [-0.3, -0.25) is 4.98 Å². The zero-order valence-electron chi connectivity index (χ0n) is 14.0. The lowest BCUT2D eigenvalue weighted by Gasteiger charge is -2.15. The first kappa shape index (κ1) is 18.2. The quantitative estimate of drug-likeness (QED) is 0.720. The standard InChI is InChI=1S/C19H17F3N2O2/c1-23-10-13-9-16(15-3-2-8-24-18(15)17(13)11-25)12-4-6-14(7-5-12)26-19(20,21)22/h2-9,23,25H,10-11H2,1H3. The number of benzene rings is 2. The molecular weight excluding hydrogens is 345 g/mol. The zero-order chi connectivity index (χ0) is 18.7. The number of nitrogens with one attached hydrogen (secondary N) is 1. The van der Waals surface area contributed by atoms with Crippen LogP contribution in [0.3, 0.4) is 0 Å². The average Bonchev–Trinajstić information content (AvgIpc) is 2.61. The second-order valence-electron chi connectivity index (χ2n) is 5.72. The lowest BCUT2D eigenvalue weighted by atomic mass is 9.94. The number of ether oxygens (including phenoxy) is 1. The third-order valence-electron chi connectivity index (χ3n) is 4.01. The van der Waals surface area contributed by atoms with Crippen LogP contribution in [0.5, 0.6) is 5.75 Å². The summed E-state index contributed by atoms with van der Waals surface area (Å²) in [5.41, 5.74) is 3.85. The van der Waals surface area contributed by atoms with Crippen molar-refractivity contribution in [2.24, 2.45) is 0 Å². The summed E-state index contributed by atoms with van der Waals surface area (Å²) < 4.78 is 40.9. The molecule has 0 saturated heterocycles. The summed E-state index contributed by atoms with van der Waals surface area (Å²) in [5.74, 6) is -0.272. The van der Waals surface area contributed by atoms with Gasteiger partial charge < -0.3 is 15.2 Å². The molecule has 0 spiro atoms. The SMILES string of the molecule is CNCc1cc(-c2ccc(OC(F)(F)F)cc2)c2cccnc2c1CO. The molecule has 1 heterocycles. The van der Waals surface area contributed by atoms with Crippen molar-refractivity contribution in [2.45, 2.75) is 19.5 Å². The van der Waals surface area contributed by atoms with Crippen LogP contribution in [0.25, 0.3) is 22.0 Å². The molecule has 0 aliphatic rings. The lowest BCUT2D eigenvalue weighted by Crippen LogP contribution is -2.16. The van der Waals surface area contributed by atoms with E-state index in [0.717, 1.165) is 27.6 Å². The van der Waals surface area contributed by atoms with Crippen molar-refractivity contribution >= 4 is 10.9 Å². The second-order valence-corrected chi connectivity index (χ2v) is 5.72. The number of nitrogens with zero attached hydrogens (tertiary/aromatic N) is 1. The molecule has 0 amide bonds. The molecule has 1 aromatic heterocycles. The van der Waals surface area contributed by atoms with Crippen LogP contribution in [0.4, 0.5) is 13.2 Å². The molecule has 0 unspecified atom stereocenters. The first-order chi connectivity index (χ1) is 12.4. The molecule has 0 bridgehead atoms. The molecule has 2 N–H and O–H groups in total. The Labute approximate surface area is 148 Å². The Morgan fingerprint density at radius 2 is 1.88 bits per heavy atom. The summed E-state index contributed by atoms with van der Waals surface area (Å²) >= 11 is 0. The maximum absolute atomic E-state index is 12.3. The molecule has 3 rings (SSSR count). The van der Waals surface area contributed by atoms with Crippen LogP contribution in [0.1, 0.15) is 11.1 Å². The highest BCUT2D eigenvalue weighted by molar-refractivity contribution is 5.97. The first-order valence-electron chi connectivity index (χ1n) is 7.94. The van der Waals surface area contributed by atoms with Gasteiger partial charge in [0.25, 0.3) is 0 Å². The van der Waals surface area contributed by atoms with Crippen molar-refractivity contribution in [1.82, 2.24) is 10.3 Å². The monoisotopic (exact) mass is 362 g/mol. The average molecular weight is 362 g/mol.